The highest BCUT2D eigenvalue weighted by molar-refractivity contribution is 5.38. The van der Waals surface area contributed by atoms with Crippen LogP contribution in [0.15, 0.2) is 12.1 Å². The standard InChI is InChI=1S/C20H26F2N2O3/c21-17-5-16(19(6-18(17)22)27-15-9-25-10-15)13-1-3-24(4-2-13)14-7-20(26-8-14)11-23-12-20/h5-6,13-15,23H,1-4,7-12H2. The number of nitrogens with one attached hydrogen (secondary N) is 1. The Hall–Kier alpha value is -1.28. The SMILES string of the molecule is Fc1cc(OC2COC2)c(C2CCN(C3COC4(CNC4)C3)CC2)cc1F. The fraction of sp³-hybridized carbons (Fsp3) is 0.700. The van der Waals surface area contributed by atoms with Crippen molar-refractivity contribution in [1.82, 2.24) is 10.2 Å². The van der Waals surface area contributed by atoms with Crippen LogP contribution in [-0.2, 0) is 9.47 Å². The summed E-state index contributed by atoms with van der Waals surface area (Å²) in [6.07, 6.45) is 2.87. The van der Waals surface area contributed by atoms with E-state index in [1.165, 1.54) is 12.1 Å². The first-order valence-corrected chi connectivity index (χ1v) is 9.94. The molecule has 1 unspecified atom stereocenters. The summed E-state index contributed by atoms with van der Waals surface area (Å²) >= 11 is 0. The first-order chi connectivity index (χ1) is 13.1. The second-order valence-corrected chi connectivity index (χ2v) is 8.35. The molecule has 4 aliphatic rings. The molecule has 7 heteroatoms. The number of ether oxygens (including phenoxy) is 3. The van der Waals surface area contributed by atoms with E-state index >= 15 is 0 Å². The minimum Gasteiger partial charge on any atom is -0.485 e. The number of benzene rings is 1. The Bertz CT molecular complexity index is 701. The number of rotatable bonds is 4. The van der Waals surface area contributed by atoms with Gasteiger partial charge in [-0.3, -0.25) is 4.90 Å². The predicted molar refractivity (Wildman–Crippen MR) is 95.1 cm³/mol. The lowest BCUT2D eigenvalue weighted by atomic mass is 9.86. The van der Waals surface area contributed by atoms with Gasteiger partial charge in [-0.2, -0.15) is 0 Å². The van der Waals surface area contributed by atoms with Gasteiger partial charge in [-0.25, -0.2) is 8.78 Å². The average molecular weight is 380 g/mol. The van der Waals surface area contributed by atoms with E-state index in [9.17, 15) is 8.78 Å². The molecule has 0 aliphatic carbocycles. The fourth-order valence-electron chi connectivity index (χ4n) is 4.71. The van der Waals surface area contributed by atoms with Crippen molar-refractivity contribution < 1.29 is 23.0 Å². The third kappa shape index (κ3) is 3.35. The van der Waals surface area contributed by atoms with E-state index in [2.05, 4.69) is 10.2 Å². The number of hydrogen-bond acceptors (Lipinski definition) is 5. The van der Waals surface area contributed by atoms with Gasteiger partial charge in [0, 0.05) is 30.8 Å². The zero-order valence-electron chi connectivity index (χ0n) is 15.4. The molecule has 1 spiro atoms. The van der Waals surface area contributed by atoms with Gasteiger partial charge in [-0.05, 0) is 44.3 Å². The molecule has 5 rings (SSSR count). The van der Waals surface area contributed by atoms with Crippen LogP contribution in [0.3, 0.4) is 0 Å². The zero-order valence-corrected chi connectivity index (χ0v) is 15.4. The Kier molecular flexibility index (Phi) is 4.58. The zero-order chi connectivity index (χ0) is 18.4. The van der Waals surface area contributed by atoms with Crippen molar-refractivity contribution in [3.63, 3.8) is 0 Å². The smallest absolute Gasteiger partial charge is 0.162 e. The Balaban J connectivity index is 1.25. The molecule has 0 radical (unpaired) electrons. The predicted octanol–water partition coefficient (Wildman–Crippen LogP) is 2.05. The molecule has 4 heterocycles. The van der Waals surface area contributed by atoms with Crippen LogP contribution in [0.1, 0.15) is 30.7 Å². The topological polar surface area (TPSA) is 43.0 Å². The van der Waals surface area contributed by atoms with Crippen LogP contribution in [0, 0.1) is 11.6 Å². The maximum atomic E-state index is 13.9. The highest BCUT2D eigenvalue weighted by Crippen LogP contribution is 2.39. The minimum atomic E-state index is -0.853. The van der Waals surface area contributed by atoms with Crippen LogP contribution in [-0.4, -0.2) is 68.6 Å². The van der Waals surface area contributed by atoms with Gasteiger partial charge in [-0.15, -0.1) is 0 Å². The maximum absolute atomic E-state index is 13.9. The number of hydrogen-bond donors (Lipinski definition) is 1. The van der Waals surface area contributed by atoms with E-state index in [1.807, 2.05) is 0 Å². The molecule has 1 N–H and O–H groups in total. The van der Waals surface area contributed by atoms with E-state index < -0.39 is 11.6 Å². The molecule has 0 amide bonds. The third-order valence-corrected chi connectivity index (χ3v) is 6.52. The Morgan fingerprint density at radius 1 is 1.07 bits per heavy atom. The van der Waals surface area contributed by atoms with Crippen LogP contribution in [0.2, 0.25) is 0 Å². The van der Waals surface area contributed by atoms with Gasteiger partial charge < -0.3 is 19.5 Å². The quantitative estimate of drug-likeness (QED) is 0.866. The molecule has 0 aromatic heterocycles. The Morgan fingerprint density at radius 3 is 2.41 bits per heavy atom. The first kappa shape index (κ1) is 17.8. The molecule has 4 saturated heterocycles. The van der Waals surface area contributed by atoms with Gasteiger partial charge in [0.05, 0.1) is 25.4 Å². The van der Waals surface area contributed by atoms with Gasteiger partial charge in [0.25, 0.3) is 0 Å². The molecule has 1 aromatic rings. The molecule has 27 heavy (non-hydrogen) atoms. The third-order valence-electron chi connectivity index (χ3n) is 6.52. The van der Waals surface area contributed by atoms with Crippen LogP contribution in [0.5, 0.6) is 5.75 Å². The van der Waals surface area contributed by atoms with Crippen molar-refractivity contribution in [2.24, 2.45) is 0 Å². The molecule has 4 fully saturated rings. The second-order valence-electron chi connectivity index (χ2n) is 8.35. The Labute approximate surface area is 157 Å². The van der Waals surface area contributed by atoms with Crippen LogP contribution < -0.4 is 10.1 Å². The minimum absolute atomic E-state index is 0.0587. The van der Waals surface area contributed by atoms with Crippen molar-refractivity contribution in [2.45, 2.75) is 42.9 Å². The second kappa shape index (κ2) is 6.95. The first-order valence-electron chi connectivity index (χ1n) is 9.94. The van der Waals surface area contributed by atoms with E-state index in [-0.39, 0.29) is 17.6 Å². The average Bonchev–Trinajstić information content (AvgIpc) is 3.07. The molecule has 5 nitrogen and oxygen atoms in total. The summed E-state index contributed by atoms with van der Waals surface area (Å²) < 4.78 is 44.7. The highest BCUT2D eigenvalue weighted by atomic mass is 19.2. The molecule has 1 atom stereocenters. The highest BCUT2D eigenvalue weighted by Gasteiger charge is 2.47. The van der Waals surface area contributed by atoms with Crippen LogP contribution >= 0.6 is 0 Å². The van der Waals surface area contributed by atoms with Gasteiger partial charge in [0.1, 0.15) is 11.9 Å². The maximum Gasteiger partial charge on any atom is 0.162 e. The van der Waals surface area contributed by atoms with Gasteiger partial charge in [0.2, 0.25) is 0 Å². The molecule has 0 saturated carbocycles. The summed E-state index contributed by atoms with van der Waals surface area (Å²) in [7, 11) is 0. The van der Waals surface area contributed by atoms with Gasteiger partial charge in [0.15, 0.2) is 11.6 Å². The summed E-state index contributed by atoms with van der Waals surface area (Å²) in [4.78, 5) is 2.50. The lowest BCUT2D eigenvalue weighted by Gasteiger charge is -2.40. The van der Waals surface area contributed by atoms with Crippen LogP contribution in [0.25, 0.3) is 0 Å². The number of piperidine rings is 1. The van der Waals surface area contributed by atoms with Crippen LogP contribution in [0.4, 0.5) is 8.78 Å². The number of halogens is 2. The Morgan fingerprint density at radius 2 is 1.81 bits per heavy atom. The molecular weight excluding hydrogens is 354 g/mol. The number of nitrogens with zero attached hydrogens (tertiary/aromatic N) is 1. The summed E-state index contributed by atoms with van der Waals surface area (Å²) in [5.74, 6) is -0.986. The van der Waals surface area contributed by atoms with Crippen molar-refractivity contribution in [3.05, 3.63) is 29.3 Å². The normalized spacial score (nSPS) is 28.9. The van der Waals surface area contributed by atoms with Crippen molar-refractivity contribution in [1.29, 1.82) is 0 Å². The molecule has 1 aromatic carbocycles. The summed E-state index contributed by atoms with van der Waals surface area (Å²) in [5.41, 5.74) is 0.857. The lowest BCUT2D eigenvalue weighted by molar-refractivity contribution is -0.0803. The van der Waals surface area contributed by atoms with E-state index in [1.54, 1.807) is 0 Å². The summed E-state index contributed by atoms with van der Waals surface area (Å²) in [6, 6.07) is 3.01. The molecule has 0 bridgehead atoms. The monoisotopic (exact) mass is 380 g/mol. The largest absolute Gasteiger partial charge is 0.485 e. The van der Waals surface area contributed by atoms with E-state index in [0.717, 1.165) is 57.6 Å². The van der Waals surface area contributed by atoms with Gasteiger partial charge in [-0.1, -0.05) is 0 Å². The molecule has 148 valence electrons. The van der Waals surface area contributed by atoms with Crippen molar-refractivity contribution in [3.8, 4) is 5.75 Å². The fourth-order valence-corrected chi connectivity index (χ4v) is 4.71. The molecular formula is C20H26F2N2O3. The summed E-state index contributed by atoms with van der Waals surface area (Å²) in [5, 5.41) is 3.30. The van der Waals surface area contributed by atoms with E-state index in [0.29, 0.717) is 25.0 Å². The van der Waals surface area contributed by atoms with Crippen molar-refractivity contribution in [2.75, 3.05) is 46.0 Å². The van der Waals surface area contributed by atoms with Gasteiger partial charge >= 0.3 is 0 Å². The summed E-state index contributed by atoms with van der Waals surface area (Å²) in [6.45, 7) is 5.64. The van der Waals surface area contributed by atoms with E-state index in [4.69, 9.17) is 14.2 Å². The molecule has 4 aliphatic heterocycles. The lowest BCUT2D eigenvalue weighted by Crippen LogP contribution is -2.59. The number of likely N-dealkylation sites (tertiary alicyclic amines) is 1. The van der Waals surface area contributed by atoms with Crippen molar-refractivity contribution >= 4 is 0 Å².